The number of para-hydroxylation sites is 1. The molecule has 0 atom stereocenters. The molecule has 0 aliphatic carbocycles. The van der Waals surface area contributed by atoms with E-state index in [0.717, 1.165) is 12.2 Å². The van der Waals surface area contributed by atoms with Crippen molar-refractivity contribution in [2.75, 3.05) is 0 Å². The predicted molar refractivity (Wildman–Crippen MR) is 98.3 cm³/mol. The van der Waals surface area contributed by atoms with Gasteiger partial charge >= 0.3 is 11.9 Å². The maximum absolute atomic E-state index is 11.8. The van der Waals surface area contributed by atoms with E-state index in [-0.39, 0.29) is 36.6 Å². The molecule has 0 N–H and O–H groups in total. The summed E-state index contributed by atoms with van der Waals surface area (Å²) in [6.07, 6.45) is 1.69. The van der Waals surface area contributed by atoms with Crippen molar-refractivity contribution in [3.63, 3.8) is 0 Å². The summed E-state index contributed by atoms with van der Waals surface area (Å²) in [5.41, 5.74) is 0. The zero-order valence-electron chi connectivity index (χ0n) is 12.1. The average Bonchev–Trinajstić information content (AvgIpc) is 2.52. The van der Waals surface area contributed by atoms with Crippen molar-refractivity contribution in [3.05, 3.63) is 67.6 Å². The Morgan fingerprint density at radius 1 is 0.720 bits per heavy atom. The highest BCUT2D eigenvalue weighted by Crippen LogP contribution is 2.36. The second-order valence-electron chi connectivity index (χ2n) is 4.42. The highest BCUT2D eigenvalue weighted by molar-refractivity contribution is 6.40. The van der Waals surface area contributed by atoms with Crippen molar-refractivity contribution in [2.24, 2.45) is 0 Å². The van der Waals surface area contributed by atoms with Crippen LogP contribution in [0.1, 0.15) is 0 Å². The fraction of sp³-hybridized carbons (Fsp3) is 0. The molecule has 0 amide bonds. The molecule has 4 nitrogen and oxygen atoms in total. The third kappa shape index (κ3) is 5.53. The van der Waals surface area contributed by atoms with Crippen molar-refractivity contribution < 1.29 is 19.1 Å². The van der Waals surface area contributed by atoms with Crippen molar-refractivity contribution in [1.82, 2.24) is 0 Å². The summed E-state index contributed by atoms with van der Waals surface area (Å²) in [4.78, 5) is 23.5. The van der Waals surface area contributed by atoms with Crippen LogP contribution in [0.4, 0.5) is 0 Å². The van der Waals surface area contributed by atoms with Crippen LogP contribution in [0, 0.1) is 0 Å². The summed E-state index contributed by atoms with van der Waals surface area (Å²) in [6, 6.07) is 7.30. The number of hydrogen-bond donors (Lipinski definition) is 0. The fourth-order valence-corrected chi connectivity index (χ4v) is 2.98. The summed E-state index contributed by atoms with van der Waals surface area (Å²) >= 11 is 29.3. The Labute approximate surface area is 167 Å². The molecular weight excluding hydrogens is 433 g/mol. The molecule has 130 valence electrons. The van der Waals surface area contributed by atoms with Crippen LogP contribution in [0.5, 0.6) is 11.5 Å². The number of carbonyl (C=O) groups is 2. The Kier molecular flexibility index (Phi) is 6.99. The first-order valence-corrected chi connectivity index (χ1v) is 8.37. The van der Waals surface area contributed by atoms with Crippen molar-refractivity contribution in [2.45, 2.75) is 0 Å². The molecule has 0 saturated carbocycles. The first-order chi connectivity index (χ1) is 11.8. The molecule has 0 radical (unpaired) electrons. The van der Waals surface area contributed by atoms with E-state index < -0.39 is 11.9 Å². The Balaban J connectivity index is 2.04. The van der Waals surface area contributed by atoms with Crippen LogP contribution in [-0.2, 0) is 9.59 Å². The van der Waals surface area contributed by atoms with E-state index >= 15 is 0 Å². The SMILES string of the molecule is O=C(/C=C/C(=O)Oc1c(Cl)cc(Cl)cc1Cl)Oc1c(Cl)cccc1Cl. The minimum atomic E-state index is -0.895. The summed E-state index contributed by atoms with van der Waals surface area (Å²) in [7, 11) is 0. The van der Waals surface area contributed by atoms with Gasteiger partial charge in [-0.3, -0.25) is 0 Å². The largest absolute Gasteiger partial charge is 0.420 e. The Bertz CT molecular complexity index is 820. The van der Waals surface area contributed by atoms with E-state index in [9.17, 15) is 9.59 Å². The molecule has 0 bridgehead atoms. The Hall–Kier alpha value is -1.43. The van der Waals surface area contributed by atoms with E-state index in [1.165, 1.54) is 24.3 Å². The van der Waals surface area contributed by atoms with Gasteiger partial charge in [0.05, 0.1) is 20.1 Å². The lowest BCUT2D eigenvalue weighted by Gasteiger charge is -2.07. The highest BCUT2D eigenvalue weighted by Gasteiger charge is 2.14. The number of carbonyl (C=O) groups excluding carboxylic acids is 2. The summed E-state index contributed by atoms with van der Waals surface area (Å²) in [5.74, 6) is -1.86. The smallest absolute Gasteiger partial charge is 0.336 e. The van der Waals surface area contributed by atoms with Crippen molar-refractivity contribution in [3.8, 4) is 11.5 Å². The molecule has 0 aliphatic heterocycles. The van der Waals surface area contributed by atoms with Crippen LogP contribution < -0.4 is 9.47 Å². The van der Waals surface area contributed by atoms with Gasteiger partial charge in [0, 0.05) is 17.2 Å². The topological polar surface area (TPSA) is 52.6 Å². The molecule has 2 rings (SSSR count). The van der Waals surface area contributed by atoms with Gasteiger partial charge in [-0.25, -0.2) is 9.59 Å². The maximum atomic E-state index is 11.8. The second kappa shape index (κ2) is 8.79. The second-order valence-corrected chi connectivity index (χ2v) is 6.49. The molecule has 0 heterocycles. The number of esters is 2. The van der Waals surface area contributed by atoms with Crippen LogP contribution in [0.2, 0.25) is 25.1 Å². The molecule has 2 aromatic rings. The first-order valence-electron chi connectivity index (χ1n) is 6.48. The molecule has 0 fully saturated rings. The molecule has 9 heteroatoms. The summed E-state index contributed by atoms with van der Waals surface area (Å²) in [6.45, 7) is 0. The number of halogens is 5. The van der Waals surface area contributed by atoms with Crippen LogP contribution in [0.3, 0.4) is 0 Å². The number of benzene rings is 2. The van der Waals surface area contributed by atoms with Crippen LogP contribution in [0.15, 0.2) is 42.5 Å². The van der Waals surface area contributed by atoms with Gasteiger partial charge in [-0.1, -0.05) is 64.1 Å². The molecule has 0 unspecified atom stereocenters. The van der Waals surface area contributed by atoms with Gasteiger partial charge in [0.1, 0.15) is 0 Å². The third-order valence-electron chi connectivity index (χ3n) is 2.64. The number of hydrogen-bond acceptors (Lipinski definition) is 4. The van der Waals surface area contributed by atoms with E-state index in [0.29, 0.717) is 0 Å². The predicted octanol–water partition coefficient (Wildman–Crippen LogP) is 6.02. The van der Waals surface area contributed by atoms with Crippen molar-refractivity contribution >= 4 is 69.9 Å². The average molecular weight is 440 g/mol. The molecule has 0 aromatic heterocycles. The van der Waals surface area contributed by atoms with Crippen LogP contribution in [-0.4, -0.2) is 11.9 Å². The van der Waals surface area contributed by atoms with Gasteiger partial charge in [-0.15, -0.1) is 0 Å². The monoisotopic (exact) mass is 438 g/mol. The van der Waals surface area contributed by atoms with Gasteiger partial charge in [0.15, 0.2) is 11.5 Å². The lowest BCUT2D eigenvalue weighted by Crippen LogP contribution is -2.09. The van der Waals surface area contributed by atoms with Crippen molar-refractivity contribution in [1.29, 1.82) is 0 Å². The maximum Gasteiger partial charge on any atom is 0.336 e. The molecule has 0 aliphatic rings. The molecule has 0 spiro atoms. The van der Waals surface area contributed by atoms with E-state index in [1.807, 2.05) is 0 Å². The minimum Gasteiger partial charge on any atom is -0.420 e. The van der Waals surface area contributed by atoms with Gasteiger partial charge < -0.3 is 9.47 Å². The molecule has 25 heavy (non-hydrogen) atoms. The molecule has 0 saturated heterocycles. The normalized spacial score (nSPS) is 10.8. The zero-order valence-corrected chi connectivity index (χ0v) is 15.8. The molecule has 2 aromatic carbocycles. The standard InChI is InChI=1S/C16H7Cl5O4/c17-8-6-11(20)16(12(21)7-8)25-14(23)5-4-13(22)24-15-9(18)2-1-3-10(15)19/h1-7H/b5-4+. The van der Waals surface area contributed by atoms with Gasteiger partial charge in [0.25, 0.3) is 0 Å². The molecular formula is C16H7Cl5O4. The Morgan fingerprint density at radius 3 is 1.56 bits per heavy atom. The van der Waals surface area contributed by atoms with E-state index in [4.69, 9.17) is 67.5 Å². The fourth-order valence-electron chi connectivity index (χ4n) is 1.61. The summed E-state index contributed by atoms with van der Waals surface area (Å²) in [5, 5.41) is 0.674. The minimum absolute atomic E-state index is 0.0161. The Morgan fingerprint density at radius 2 is 1.12 bits per heavy atom. The van der Waals surface area contributed by atoms with Crippen LogP contribution in [0.25, 0.3) is 0 Å². The number of rotatable bonds is 4. The highest BCUT2D eigenvalue weighted by atomic mass is 35.5. The van der Waals surface area contributed by atoms with Gasteiger partial charge in [-0.05, 0) is 24.3 Å². The van der Waals surface area contributed by atoms with Gasteiger partial charge in [-0.2, -0.15) is 0 Å². The van der Waals surface area contributed by atoms with Gasteiger partial charge in [0.2, 0.25) is 0 Å². The van der Waals surface area contributed by atoms with E-state index in [2.05, 4.69) is 0 Å². The summed E-state index contributed by atoms with van der Waals surface area (Å²) < 4.78 is 9.94. The third-order valence-corrected chi connectivity index (χ3v) is 4.02. The lowest BCUT2D eigenvalue weighted by atomic mass is 10.3. The first kappa shape index (κ1) is 19.9. The zero-order chi connectivity index (χ0) is 18.6. The van der Waals surface area contributed by atoms with Crippen LogP contribution >= 0.6 is 58.0 Å². The van der Waals surface area contributed by atoms with E-state index in [1.54, 1.807) is 6.07 Å². The number of ether oxygens (including phenoxy) is 2. The quantitative estimate of drug-likeness (QED) is 0.331. The lowest BCUT2D eigenvalue weighted by molar-refractivity contribution is -0.131.